The fourth-order valence-electron chi connectivity index (χ4n) is 6.10. The Morgan fingerprint density at radius 1 is 0.912 bits per heavy atom. The van der Waals surface area contributed by atoms with Crippen molar-refractivity contribution in [3.8, 4) is 0 Å². The zero-order valence-electron chi connectivity index (χ0n) is 21.3. The lowest BCUT2D eigenvalue weighted by molar-refractivity contribution is 0.0984. The summed E-state index contributed by atoms with van der Waals surface area (Å²) in [5, 5.41) is 9.61. The molecule has 186 valence electrons. The number of nitrogens with zero attached hydrogens (tertiary/aromatic N) is 1. The van der Waals surface area contributed by atoms with Crippen LogP contribution in [-0.2, 0) is 30.6 Å². The minimum absolute atomic E-state index is 0.139. The third-order valence-electron chi connectivity index (χ3n) is 8.05. The summed E-state index contributed by atoms with van der Waals surface area (Å²) in [6, 6.07) is 16.0. The number of piperidine rings is 1. The maximum absolute atomic E-state index is 9.61. The van der Waals surface area contributed by atoms with Crippen molar-refractivity contribution in [2.75, 3.05) is 32.8 Å². The number of aryl methyl sites for hydroxylation is 1. The lowest BCUT2D eigenvalue weighted by atomic mass is 9.77. The van der Waals surface area contributed by atoms with Gasteiger partial charge in [-0.1, -0.05) is 68.7 Å². The minimum atomic E-state index is 0.139. The summed E-state index contributed by atoms with van der Waals surface area (Å²) in [5.41, 5.74) is 6.86. The van der Waals surface area contributed by atoms with Gasteiger partial charge in [0.25, 0.3) is 0 Å². The Hall–Kier alpha value is -1.68. The average Bonchev–Trinajstić information content (AvgIpc) is 3.04. The van der Waals surface area contributed by atoms with Gasteiger partial charge in [0.1, 0.15) is 0 Å². The van der Waals surface area contributed by atoms with Crippen LogP contribution >= 0.6 is 0 Å². The molecule has 1 fully saturated rings. The predicted octanol–water partition coefficient (Wildman–Crippen LogP) is 6.30. The quantitative estimate of drug-likeness (QED) is 0.313. The van der Waals surface area contributed by atoms with Gasteiger partial charge in [-0.25, -0.2) is 0 Å². The second-order valence-electron chi connectivity index (χ2n) is 10.5. The summed E-state index contributed by atoms with van der Waals surface area (Å²) in [6.07, 6.45) is 12.5. The Labute approximate surface area is 207 Å². The van der Waals surface area contributed by atoms with Crippen molar-refractivity contribution in [3.05, 3.63) is 70.3 Å². The molecule has 1 aliphatic heterocycles. The third-order valence-corrected chi connectivity index (χ3v) is 8.05. The zero-order chi connectivity index (χ0) is 23.6. The molecule has 0 amide bonds. The normalized spacial score (nSPS) is 21.2. The summed E-state index contributed by atoms with van der Waals surface area (Å²) in [7, 11) is 0. The average molecular weight is 464 g/mol. The van der Waals surface area contributed by atoms with Crippen LogP contribution in [0.5, 0.6) is 0 Å². The first-order chi connectivity index (χ1) is 16.8. The van der Waals surface area contributed by atoms with E-state index < -0.39 is 0 Å². The van der Waals surface area contributed by atoms with Crippen molar-refractivity contribution in [2.24, 2.45) is 5.92 Å². The van der Waals surface area contributed by atoms with Gasteiger partial charge in [0.2, 0.25) is 0 Å². The van der Waals surface area contributed by atoms with Gasteiger partial charge in [-0.15, -0.1) is 0 Å². The number of hydrogen-bond acceptors (Lipinski definition) is 3. The lowest BCUT2D eigenvalue weighted by Gasteiger charge is -2.27. The van der Waals surface area contributed by atoms with Crippen LogP contribution in [0.1, 0.15) is 85.6 Å². The van der Waals surface area contributed by atoms with E-state index in [1.54, 1.807) is 0 Å². The molecule has 0 aromatic heterocycles. The highest BCUT2D eigenvalue weighted by atomic mass is 16.5. The largest absolute Gasteiger partial charge is 0.392 e. The molecule has 34 heavy (non-hydrogen) atoms. The number of rotatable bonds is 11. The van der Waals surface area contributed by atoms with Gasteiger partial charge in [0.15, 0.2) is 0 Å². The molecule has 2 atom stereocenters. The highest BCUT2D eigenvalue weighted by molar-refractivity contribution is 5.37. The zero-order valence-corrected chi connectivity index (χ0v) is 21.3. The molecule has 3 heteroatoms. The molecule has 1 heterocycles. The molecule has 1 saturated heterocycles. The molecule has 2 unspecified atom stereocenters. The highest BCUT2D eigenvalue weighted by Crippen LogP contribution is 2.40. The van der Waals surface area contributed by atoms with Crippen LogP contribution in [0.4, 0.5) is 0 Å². The Bertz CT molecular complexity index is 856. The summed E-state index contributed by atoms with van der Waals surface area (Å²) in [5.74, 6) is 1.33. The first kappa shape index (κ1) is 25.4. The SMILES string of the molecule is CCCC1CCCc2cc(CO)ccc2C1Cc1ccc(CCOCCN2CCCCC2)cc1. The van der Waals surface area contributed by atoms with E-state index in [0.29, 0.717) is 5.92 Å². The van der Waals surface area contributed by atoms with Gasteiger partial charge >= 0.3 is 0 Å². The standard InChI is InChI=1S/C31H45NO2/c1-2-7-28-8-6-9-29-22-27(24-33)14-15-30(29)31(28)23-26-12-10-25(11-13-26)16-20-34-21-19-32-17-4-3-5-18-32/h10-15,22,28,31,33H,2-9,16-21,23-24H2,1H3. The summed E-state index contributed by atoms with van der Waals surface area (Å²) >= 11 is 0. The summed E-state index contributed by atoms with van der Waals surface area (Å²) in [4.78, 5) is 2.54. The van der Waals surface area contributed by atoms with Gasteiger partial charge in [0, 0.05) is 6.54 Å². The van der Waals surface area contributed by atoms with E-state index in [9.17, 15) is 5.11 Å². The Kier molecular flexibility index (Phi) is 10.0. The second-order valence-corrected chi connectivity index (χ2v) is 10.5. The first-order valence-electron chi connectivity index (χ1n) is 13.9. The molecule has 0 saturated carbocycles. The van der Waals surface area contributed by atoms with Gasteiger partial charge in [-0.05, 0) is 97.7 Å². The lowest BCUT2D eigenvalue weighted by Crippen LogP contribution is -2.32. The van der Waals surface area contributed by atoms with Crippen LogP contribution in [0, 0.1) is 5.92 Å². The molecular formula is C31H45NO2. The van der Waals surface area contributed by atoms with Crippen molar-refractivity contribution in [1.29, 1.82) is 0 Å². The van der Waals surface area contributed by atoms with Gasteiger partial charge in [-0.3, -0.25) is 0 Å². The number of likely N-dealkylation sites (tertiary alicyclic amines) is 1. The number of aliphatic hydroxyl groups is 1. The molecular weight excluding hydrogens is 418 g/mol. The second kappa shape index (κ2) is 13.4. The number of fused-ring (bicyclic) bond motifs is 1. The molecule has 0 radical (unpaired) electrons. The van der Waals surface area contributed by atoms with Crippen LogP contribution in [0.15, 0.2) is 42.5 Å². The first-order valence-corrected chi connectivity index (χ1v) is 13.9. The van der Waals surface area contributed by atoms with Crippen molar-refractivity contribution in [1.82, 2.24) is 4.90 Å². The van der Waals surface area contributed by atoms with Crippen LogP contribution in [0.3, 0.4) is 0 Å². The molecule has 1 N–H and O–H groups in total. The van der Waals surface area contributed by atoms with Crippen LogP contribution in [0.25, 0.3) is 0 Å². The van der Waals surface area contributed by atoms with E-state index in [1.165, 1.54) is 80.3 Å². The smallest absolute Gasteiger partial charge is 0.0681 e. The van der Waals surface area contributed by atoms with E-state index in [0.717, 1.165) is 50.5 Å². The summed E-state index contributed by atoms with van der Waals surface area (Å²) < 4.78 is 5.95. The Morgan fingerprint density at radius 3 is 2.44 bits per heavy atom. The number of ether oxygens (including phenoxy) is 1. The predicted molar refractivity (Wildman–Crippen MR) is 141 cm³/mol. The minimum Gasteiger partial charge on any atom is -0.392 e. The summed E-state index contributed by atoms with van der Waals surface area (Å²) in [6.45, 7) is 7.71. The maximum Gasteiger partial charge on any atom is 0.0681 e. The number of hydrogen-bond donors (Lipinski definition) is 1. The monoisotopic (exact) mass is 463 g/mol. The molecule has 3 nitrogen and oxygen atoms in total. The highest BCUT2D eigenvalue weighted by Gasteiger charge is 2.27. The van der Waals surface area contributed by atoms with Gasteiger partial charge in [-0.2, -0.15) is 0 Å². The van der Waals surface area contributed by atoms with Crippen LogP contribution in [0.2, 0.25) is 0 Å². The molecule has 2 aromatic rings. The van der Waals surface area contributed by atoms with E-state index >= 15 is 0 Å². The van der Waals surface area contributed by atoms with E-state index in [2.05, 4.69) is 54.3 Å². The fourth-order valence-corrected chi connectivity index (χ4v) is 6.10. The van der Waals surface area contributed by atoms with E-state index in [4.69, 9.17) is 4.74 Å². The Balaban J connectivity index is 1.32. The molecule has 0 bridgehead atoms. The van der Waals surface area contributed by atoms with E-state index in [-0.39, 0.29) is 6.61 Å². The van der Waals surface area contributed by atoms with E-state index in [1.807, 2.05) is 0 Å². The third kappa shape index (κ3) is 7.16. The molecule has 2 aromatic carbocycles. The fraction of sp³-hybridized carbons (Fsp3) is 0.613. The van der Waals surface area contributed by atoms with Crippen LogP contribution in [-0.4, -0.2) is 42.9 Å². The maximum atomic E-state index is 9.61. The van der Waals surface area contributed by atoms with Crippen molar-refractivity contribution >= 4 is 0 Å². The van der Waals surface area contributed by atoms with Gasteiger partial charge in [0.05, 0.1) is 19.8 Å². The molecule has 4 rings (SSSR count). The molecule has 1 aliphatic carbocycles. The number of aliphatic hydroxyl groups excluding tert-OH is 1. The van der Waals surface area contributed by atoms with Crippen molar-refractivity contribution in [2.45, 2.75) is 83.7 Å². The Morgan fingerprint density at radius 2 is 1.68 bits per heavy atom. The van der Waals surface area contributed by atoms with Crippen molar-refractivity contribution < 1.29 is 9.84 Å². The number of benzene rings is 2. The topological polar surface area (TPSA) is 32.7 Å². The molecule has 2 aliphatic rings. The molecule has 0 spiro atoms. The van der Waals surface area contributed by atoms with Crippen LogP contribution < -0.4 is 0 Å². The van der Waals surface area contributed by atoms with Crippen molar-refractivity contribution in [3.63, 3.8) is 0 Å². The van der Waals surface area contributed by atoms with Gasteiger partial charge < -0.3 is 14.7 Å².